The molecule has 1 aromatic carbocycles. The molecular formula is C21H26ClFN4O. The van der Waals surface area contributed by atoms with E-state index in [0.29, 0.717) is 40.5 Å². The molecule has 0 saturated carbocycles. The summed E-state index contributed by atoms with van der Waals surface area (Å²) in [4.78, 5) is 15.4. The maximum Gasteiger partial charge on any atom is 0.254 e. The Bertz CT molecular complexity index is 866. The highest BCUT2D eigenvalue weighted by Crippen LogP contribution is 2.30. The van der Waals surface area contributed by atoms with Crippen LogP contribution in [0.4, 0.5) is 4.39 Å². The lowest BCUT2D eigenvalue weighted by molar-refractivity contribution is 0.0575. The highest BCUT2D eigenvalue weighted by atomic mass is 35.5. The number of carbonyl (C=O) groups excluding carboxylic acids is 1. The number of hydrogen-bond acceptors (Lipinski definition) is 3. The van der Waals surface area contributed by atoms with Crippen molar-refractivity contribution in [2.45, 2.75) is 45.1 Å². The lowest BCUT2D eigenvalue weighted by atomic mass is 9.83. The summed E-state index contributed by atoms with van der Waals surface area (Å²) in [7, 11) is 0. The number of rotatable bonds is 4. The number of benzene rings is 1. The molecule has 1 aromatic heterocycles. The molecule has 28 heavy (non-hydrogen) atoms. The third-order valence-electron chi connectivity index (χ3n) is 6.14. The molecule has 2 aliphatic rings. The van der Waals surface area contributed by atoms with Gasteiger partial charge in [-0.25, -0.2) is 9.07 Å². The zero-order valence-electron chi connectivity index (χ0n) is 16.1. The van der Waals surface area contributed by atoms with Crippen LogP contribution in [0.3, 0.4) is 0 Å². The maximum absolute atomic E-state index is 13.6. The minimum Gasteiger partial charge on any atom is -0.352 e. The molecule has 2 fully saturated rings. The standard InChI is InChI=1S/C21H26ClFN4O/c1-14-17(13-25-27(14)20-11-16(23)7-8-18(20)22)21(28)24-12-15-5-4-10-26-9-3-2-6-19(15)26/h7-8,11,13,15,19H,2-6,9-10,12H2,1H3,(H,24,28)/t15-,19-/m0/s1. The summed E-state index contributed by atoms with van der Waals surface area (Å²) in [6, 6.07) is 4.71. The first-order valence-corrected chi connectivity index (χ1v) is 10.4. The molecule has 4 rings (SSSR count). The minimum absolute atomic E-state index is 0.135. The van der Waals surface area contributed by atoms with E-state index in [4.69, 9.17) is 11.6 Å². The van der Waals surface area contributed by atoms with Crippen LogP contribution in [0.2, 0.25) is 5.02 Å². The van der Waals surface area contributed by atoms with Gasteiger partial charge in [0, 0.05) is 18.7 Å². The van der Waals surface area contributed by atoms with Crippen molar-refractivity contribution in [2.24, 2.45) is 5.92 Å². The van der Waals surface area contributed by atoms with Gasteiger partial charge in [-0.3, -0.25) is 4.79 Å². The molecule has 0 aliphatic carbocycles. The average Bonchev–Trinajstić information content (AvgIpc) is 3.09. The quantitative estimate of drug-likeness (QED) is 0.838. The fourth-order valence-electron chi connectivity index (χ4n) is 4.66. The summed E-state index contributed by atoms with van der Waals surface area (Å²) >= 11 is 6.19. The van der Waals surface area contributed by atoms with Crippen LogP contribution in [0.25, 0.3) is 5.69 Å². The number of hydrogen-bond donors (Lipinski definition) is 1. The molecule has 5 nitrogen and oxygen atoms in total. The second-order valence-corrected chi connectivity index (χ2v) is 8.27. The van der Waals surface area contributed by atoms with Gasteiger partial charge >= 0.3 is 0 Å². The van der Waals surface area contributed by atoms with Gasteiger partial charge in [-0.1, -0.05) is 18.0 Å². The predicted molar refractivity (Wildman–Crippen MR) is 108 cm³/mol. The molecule has 2 saturated heterocycles. The van der Waals surface area contributed by atoms with Crippen molar-refractivity contribution in [2.75, 3.05) is 19.6 Å². The van der Waals surface area contributed by atoms with E-state index in [1.54, 1.807) is 6.92 Å². The zero-order valence-corrected chi connectivity index (χ0v) is 16.9. The van der Waals surface area contributed by atoms with Gasteiger partial charge in [0.25, 0.3) is 5.91 Å². The molecule has 1 N–H and O–H groups in total. The molecule has 2 aliphatic heterocycles. The van der Waals surface area contributed by atoms with Gasteiger partial charge in [0.05, 0.1) is 28.2 Å². The number of halogens is 2. The summed E-state index contributed by atoms with van der Waals surface area (Å²) in [5.41, 5.74) is 1.58. The summed E-state index contributed by atoms with van der Waals surface area (Å²) in [6.45, 7) is 4.86. The van der Waals surface area contributed by atoms with Crippen molar-refractivity contribution in [1.82, 2.24) is 20.0 Å². The fraction of sp³-hybridized carbons (Fsp3) is 0.524. The van der Waals surface area contributed by atoms with Crippen molar-refractivity contribution in [1.29, 1.82) is 0 Å². The topological polar surface area (TPSA) is 50.2 Å². The number of aromatic nitrogens is 2. The lowest BCUT2D eigenvalue weighted by Gasteiger charge is -2.44. The van der Waals surface area contributed by atoms with E-state index in [1.807, 2.05) is 0 Å². The normalized spacial score (nSPS) is 22.7. The molecule has 0 unspecified atom stereocenters. The Hall–Kier alpha value is -1.92. The molecule has 150 valence electrons. The SMILES string of the molecule is Cc1c(C(=O)NC[C@@H]2CCCN3CCCC[C@@H]23)cnn1-c1cc(F)ccc1Cl. The number of nitrogens with one attached hydrogen (secondary N) is 1. The Labute approximate surface area is 169 Å². The molecular weight excluding hydrogens is 379 g/mol. The lowest BCUT2D eigenvalue weighted by Crippen LogP contribution is -2.51. The van der Waals surface area contributed by atoms with Crippen LogP contribution in [0.5, 0.6) is 0 Å². The fourth-order valence-corrected chi connectivity index (χ4v) is 4.86. The third-order valence-corrected chi connectivity index (χ3v) is 6.46. The predicted octanol–water partition coefficient (Wildman–Crippen LogP) is 3.97. The second kappa shape index (κ2) is 8.21. The number of nitrogens with zero attached hydrogens (tertiary/aromatic N) is 3. The summed E-state index contributed by atoms with van der Waals surface area (Å²) in [6.07, 6.45) is 7.70. The van der Waals surface area contributed by atoms with E-state index in [9.17, 15) is 9.18 Å². The Kier molecular flexibility index (Phi) is 5.69. The molecule has 0 bridgehead atoms. The number of amides is 1. The smallest absolute Gasteiger partial charge is 0.254 e. The molecule has 2 aromatic rings. The average molecular weight is 405 g/mol. The Balaban J connectivity index is 1.45. The first-order chi connectivity index (χ1) is 13.5. The highest BCUT2D eigenvalue weighted by Gasteiger charge is 2.33. The van der Waals surface area contributed by atoms with E-state index in [-0.39, 0.29) is 5.91 Å². The van der Waals surface area contributed by atoms with Crippen LogP contribution in [-0.4, -0.2) is 46.3 Å². The summed E-state index contributed by atoms with van der Waals surface area (Å²) in [5, 5.41) is 7.76. The Morgan fingerprint density at radius 1 is 1.29 bits per heavy atom. The van der Waals surface area contributed by atoms with Gasteiger partial charge in [0.15, 0.2) is 0 Å². The van der Waals surface area contributed by atoms with Gasteiger partial charge in [-0.15, -0.1) is 0 Å². The van der Waals surface area contributed by atoms with Crippen molar-refractivity contribution in [3.63, 3.8) is 0 Å². The number of carbonyl (C=O) groups is 1. The highest BCUT2D eigenvalue weighted by molar-refractivity contribution is 6.32. The van der Waals surface area contributed by atoms with Gasteiger partial charge in [-0.05, 0) is 63.7 Å². The van der Waals surface area contributed by atoms with Gasteiger partial charge < -0.3 is 10.2 Å². The van der Waals surface area contributed by atoms with Crippen LogP contribution < -0.4 is 5.32 Å². The number of fused-ring (bicyclic) bond motifs is 1. The molecule has 0 spiro atoms. The maximum atomic E-state index is 13.6. The molecule has 3 heterocycles. The monoisotopic (exact) mass is 404 g/mol. The minimum atomic E-state index is -0.394. The van der Waals surface area contributed by atoms with Gasteiger partial charge in [-0.2, -0.15) is 5.10 Å². The van der Waals surface area contributed by atoms with Crippen molar-refractivity contribution < 1.29 is 9.18 Å². The van der Waals surface area contributed by atoms with Crippen LogP contribution in [0, 0.1) is 18.7 Å². The summed E-state index contributed by atoms with van der Waals surface area (Å²) in [5.74, 6) is -0.0233. The van der Waals surface area contributed by atoms with Crippen molar-refractivity contribution >= 4 is 17.5 Å². The van der Waals surface area contributed by atoms with E-state index in [0.717, 1.165) is 0 Å². The second-order valence-electron chi connectivity index (χ2n) is 7.86. The number of piperidine rings is 2. The molecule has 0 radical (unpaired) electrons. The molecule has 7 heteroatoms. The Morgan fingerprint density at radius 2 is 2.11 bits per heavy atom. The van der Waals surface area contributed by atoms with Gasteiger partial charge in [0.2, 0.25) is 0 Å². The first-order valence-electron chi connectivity index (χ1n) is 10.1. The van der Waals surface area contributed by atoms with Crippen molar-refractivity contribution in [3.05, 3.63) is 46.5 Å². The van der Waals surface area contributed by atoms with E-state index in [2.05, 4.69) is 15.3 Å². The third kappa shape index (κ3) is 3.80. The van der Waals surface area contributed by atoms with E-state index < -0.39 is 5.82 Å². The van der Waals surface area contributed by atoms with Crippen LogP contribution in [0.1, 0.15) is 48.2 Å². The van der Waals surface area contributed by atoms with E-state index in [1.165, 1.54) is 74.3 Å². The van der Waals surface area contributed by atoms with Crippen LogP contribution in [-0.2, 0) is 0 Å². The van der Waals surface area contributed by atoms with Crippen LogP contribution >= 0.6 is 11.6 Å². The van der Waals surface area contributed by atoms with Gasteiger partial charge in [0.1, 0.15) is 5.82 Å². The Morgan fingerprint density at radius 3 is 2.96 bits per heavy atom. The first kappa shape index (κ1) is 19.4. The van der Waals surface area contributed by atoms with Crippen LogP contribution in [0.15, 0.2) is 24.4 Å². The molecule has 1 amide bonds. The van der Waals surface area contributed by atoms with Crippen molar-refractivity contribution in [3.8, 4) is 5.69 Å². The largest absolute Gasteiger partial charge is 0.352 e. The van der Waals surface area contributed by atoms with E-state index >= 15 is 0 Å². The summed E-state index contributed by atoms with van der Waals surface area (Å²) < 4.78 is 15.1. The molecule has 2 atom stereocenters. The zero-order chi connectivity index (χ0) is 19.7.